The van der Waals surface area contributed by atoms with Gasteiger partial charge in [0.05, 0.1) is 18.1 Å². The van der Waals surface area contributed by atoms with Gasteiger partial charge in [-0.15, -0.1) is 10.2 Å². The molecule has 7 nitrogen and oxygen atoms in total. The van der Waals surface area contributed by atoms with Gasteiger partial charge in [-0.1, -0.05) is 78.4 Å². The maximum Gasteiger partial charge on any atom is 0.240 e. The van der Waals surface area contributed by atoms with Gasteiger partial charge >= 0.3 is 0 Å². The molecule has 5 aromatic rings. The smallest absolute Gasteiger partial charge is 0.240 e. The molecule has 7 heteroatoms. The predicted molar refractivity (Wildman–Crippen MR) is 151 cm³/mol. The first-order valence-electron chi connectivity index (χ1n) is 12.9. The molecule has 38 heavy (non-hydrogen) atoms. The molecule has 5 rings (SSSR count). The summed E-state index contributed by atoms with van der Waals surface area (Å²) in [7, 11) is 0. The minimum absolute atomic E-state index is 0.239. The molecule has 1 atom stereocenters. The average Bonchev–Trinajstić information content (AvgIpc) is 3.49. The van der Waals surface area contributed by atoms with Crippen LogP contribution in [0.1, 0.15) is 53.8 Å². The first-order chi connectivity index (χ1) is 18.3. The lowest BCUT2D eigenvalue weighted by Crippen LogP contribution is -2.50. The number of aromatic nitrogens is 4. The van der Waals surface area contributed by atoms with E-state index in [0.717, 1.165) is 33.4 Å². The summed E-state index contributed by atoms with van der Waals surface area (Å²) in [4.78, 5) is 16.5. The van der Waals surface area contributed by atoms with Gasteiger partial charge in [-0.05, 0) is 43.5 Å². The number of rotatable bonds is 9. The van der Waals surface area contributed by atoms with Gasteiger partial charge in [-0.3, -0.25) is 4.79 Å². The lowest BCUT2D eigenvalue weighted by molar-refractivity contribution is -0.126. The normalized spacial score (nSPS) is 12.5. The molecule has 1 amide bonds. The van der Waals surface area contributed by atoms with Crippen molar-refractivity contribution in [1.29, 1.82) is 0 Å². The maximum atomic E-state index is 13.1. The van der Waals surface area contributed by atoms with Gasteiger partial charge in [-0.2, -0.15) is 0 Å². The molecule has 1 unspecified atom stereocenters. The molecular weight excluding hydrogens is 472 g/mol. The summed E-state index contributed by atoms with van der Waals surface area (Å²) < 4.78 is 2.14. The summed E-state index contributed by atoms with van der Waals surface area (Å²) in [6.45, 7) is 6.10. The highest BCUT2D eigenvalue weighted by molar-refractivity contribution is 5.86. The van der Waals surface area contributed by atoms with Crippen molar-refractivity contribution in [3.63, 3.8) is 0 Å². The van der Waals surface area contributed by atoms with Gasteiger partial charge in [0.1, 0.15) is 5.82 Å². The summed E-state index contributed by atoms with van der Waals surface area (Å²) in [5.41, 5.74) is 10.8. The predicted octanol–water partition coefficient (Wildman–Crippen LogP) is 4.84. The highest BCUT2D eigenvalue weighted by atomic mass is 16.2. The number of nitrogens with zero attached hydrogens (tertiary/aromatic N) is 3. The van der Waals surface area contributed by atoms with Crippen molar-refractivity contribution in [2.45, 2.75) is 51.7 Å². The third-order valence-corrected chi connectivity index (χ3v) is 6.82. The Morgan fingerprint density at radius 3 is 2.42 bits per heavy atom. The van der Waals surface area contributed by atoms with Gasteiger partial charge in [-0.25, -0.2) is 0 Å². The number of aryl methyl sites for hydroxylation is 1. The lowest BCUT2D eigenvalue weighted by Gasteiger charge is -2.25. The van der Waals surface area contributed by atoms with E-state index in [0.29, 0.717) is 25.2 Å². The second-order valence-corrected chi connectivity index (χ2v) is 10.5. The van der Waals surface area contributed by atoms with E-state index < -0.39 is 11.6 Å². The van der Waals surface area contributed by atoms with Crippen molar-refractivity contribution in [2.75, 3.05) is 0 Å². The number of benzene rings is 3. The van der Waals surface area contributed by atoms with Crippen LogP contribution < -0.4 is 11.1 Å². The summed E-state index contributed by atoms with van der Waals surface area (Å²) in [5, 5.41) is 13.6. The van der Waals surface area contributed by atoms with E-state index in [4.69, 9.17) is 5.73 Å². The minimum atomic E-state index is -1.03. The lowest BCUT2D eigenvalue weighted by atomic mass is 10.0. The molecule has 3 aromatic carbocycles. The molecule has 0 aliphatic carbocycles. The first kappa shape index (κ1) is 25.4. The maximum absolute atomic E-state index is 13.1. The first-order valence-corrected chi connectivity index (χ1v) is 12.9. The Bertz CT molecular complexity index is 1530. The zero-order valence-electron chi connectivity index (χ0n) is 22.1. The van der Waals surface area contributed by atoms with E-state index in [9.17, 15) is 4.79 Å². The molecular formula is C31H34N6O. The van der Waals surface area contributed by atoms with Crippen molar-refractivity contribution >= 4 is 16.8 Å². The number of fused-ring (bicyclic) bond motifs is 1. The number of carbonyl (C=O) groups is 1. The summed E-state index contributed by atoms with van der Waals surface area (Å²) in [6, 6.07) is 26.5. The fourth-order valence-corrected chi connectivity index (χ4v) is 4.64. The number of nitrogens with one attached hydrogen (secondary N) is 2. The number of hydrogen-bond donors (Lipinski definition) is 3. The molecule has 0 saturated carbocycles. The number of amides is 1. The molecule has 0 radical (unpaired) electrons. The molecule has 0 fully saturated rings. The molecule has 0 saturated heterocycles. The molecule has 0 aliphatic rings. The van der Waals surface area contributed by atoms with Gasteiger partial charge in [0.15, 0.2) is 5.82 Å². The number of carbonyl (C=O) groups excluding carboxylic acids is 1. The molecule has 0 spiro atoms. The number of nitrogens with two attached hydrogens (primary N) is 1. The standard InChI is InChI=1S/C31H34N6O/c1-21-13-15-23(16-14-21)20-37-28(17-22-9-5-4-6-10-22)35-36-29(37)27(34-30(38)31(2,3)32)18-24-19-33-26-12-8-7-11-25(24)26/h4-16,19,27,33H,17-18,20,32H2,1-3H3,(H,34,38). The third kappa shape index (κ3) is 5.68. The van der Waals surface area contributed by atoms with Crippen molar-refractivity contribution < 1.29 is 4.79 Å². The van der Waals surface area contributed by atoms with E-state index in [2.05, 4.69) is 74.5 Å². The number of aromatic amines is 1. The van der Waals surface area contributed by atoms with Crippen molar-refractivity contribution in [3.05, 3.63) is 119 Å². The van der Waals surface area contributed by atoms with Crippen LogP contribution in [-0.2, 0) is 24.2 Å². The Balaban J connectivity index is 1.57. The van der Waals surface area contributed by atoms with Crippen LogP contribution >= 0.6 is 0 Å². The van der Waals surface area contributed by atoms with Crippen LogP contribution in [0, 0.1) is 6.92 Å². The third-order valence-electron chi connectivity index (χ3n) is 6.82. The van der Waals surface area contributed by atoms with Crippen LogP contribution in [-0.4, -0.2) is 31.2 Å². The van der Waals surface area contributed by atoms with Gasteiger partial charge in [0, 0.05) is 29.9 Å². The SMILES string of the molecule is Cc1ccc(Cn2c(Cc3ccccc3)nnc2C(Cc2c[nH]c3ccccc23)NC(=O)C(C)(C)N)cc1. The summed E-state index contributed by atoms with van der Waals surface area (Å²) in [6.07, 6.45) is 3.18. The van der Waals surface area contributed by atoms with Crippen LogP contribution in [0.5, 0.6) is 0 Å². The van der Waals surface area contributed by atoms with Crippen LogP contribution in [0.25, 0.3) is 10.9 Å². The number of para-hydroxylation sites is 1. The van der Waals surface area contributed by atoms with Crippen LogP contribution in [0.15, 0.2) is 85.1 Å². The summed E-state index contributed by atoms with van der Waals surface area (Å²) >= 11 is 0. The Labute approximate surface area is 223 Å². The van der Waals surface area contributed by atoms with Crippen molar-refractivity contribution in [2.24, 2.45) is 5.73 Å². The highest BCUT2D eigenvalue weighted by Gasteiger charge is 2.29. The second kappa shape index (κ2) is 10.6. The van der Waals surface area contributed by atoms with E-state index in [1.54, 1.807) is 13.8 Å². The van der Waals surface area contributed by atoms with Gasteiger partial charge < -0.3 is 20.6 Å². The minimum Gasteiger partial charge on any atom is -0.361 e. The number of hydrogen-bond acceptors (Lipinski definition) is 4. The fourth-order valence-electron chi connectivity index (χ4n) is 4.64. The van der Waals surface area contributed by atoms with E-state index in [1.807, 2.05) is 42.6 Å². The zero-order chi connectivity index (χ0) is 26.7. The molecule has 2 heterocycles. The quantitative estimate of drug-likeness (QED) is 0.266. The fraction of sp³-hybridized carbons (Fsp3) is 0.258. The van der Waals surface area contributed by atoms with Crippen molar-refractivity contribution in [3.8, 4) is 0 Å². The van der Waals surface area contributed by atoms with Crippen LogP contribution in [0.2, 0.25) is 0 Å². The molecule has 0 aliphatic heterocycles. The van der Waals surface area contributed by atoms with Crippen LogP contribution in [0.3, 0.4) is 0 Å². The van der Waals surface area contributed by atoms with Crippen LogP contribution in [0.4, 0.5) is 0 Å². The van der Waals surface area contributed by atoms with E-state index in [-0.39, 0.29) is 5.91 Å². The van der Waals surface area contributed by atoms with E-state index >= 15 is 0 Å². The van der Waals surface area contributed by atoms with E-state index in [1.165, 1.54) is 5.56 Å². The van der Waals surface area contributed by atoms with Crippen molar-refractivity contribution in [1.82, 2.24) is 25.1 Å². The Kier molecular flexibility index (Phi) is 7.11. The largest absolute Gasteiger partial charge is 0.361 e. The summed E-state index contributed by atoms with van der Waals surface area (Å²) in [5.74, 6) is 1.31. The monoisotopic (exact) mass is 506 g/mol. The number of H-pyrrole nitrogens is 1. The zero-order valence-corrected chi connectivity index (χ0v) is 22.1. The molecule has 0 bridgehead atoms. The van der Waals surface area contributed by atoms with Gasteiger partial charge in [0.25, 0.3) is 0 Å². The van der Waals surface area contributed by atoms with Gasteiger partial charge in [0.2, 0.25) is 5.91 Å². The molecule has 2 aromatic heterocycles. The molecule has 194 valence electrons. The average molecular weight is 507 g/mol. The Morgan fingerprint density at radius 2 is 1.68 bits per heavy atom. The molecule has 4 N–H and O–H groups in total. The second-order valence-electron chi connectivity index (χ2n) is 10.5. The highest BCUT2D eigenvalue weighted by Crippen LogP contribution is 2.26. The Morgan fingerprint density at radius 1 is 0.974 bits per heavy atom. The topological polar surface area (TPSA) is 102 Å². The Hall–Kier alpha value is -4.23.